The van der Waals surface area contributed by atoms with E-state index in [-0.39, 0.29) is 0 Å². The molecule has 2 aromatic rings. The highest BCUT2D eigenvalue weighted by molar-refractivity contribution is 7.98. The van der Waals surface area contributed by atoms with E-state index in [0.29, 0.717) is 0 Å². The van der Waals surface area contributed by atoms with E-state index in [4.69, 9.17) is 0 Å². The number of thiophene rings is 1. The summed E-state index contributed by atoms with van der Waals surface area (Å²) in [7, 11) is 0. The second-order valence-electron chi connectivity index (χ2n) is 4.94. The Morgan fingerprint density at radius 3 is 2.86 bits per heavy atom. The summed E-state index contributed by atoms with van der Waals surface area (Å²) in [6, 6.07) is 2.10. The number of thioether (sulfide) groups is 1. The molecule has 2 N–H and O–H groups in total. The van der Waals surface area contributed by atoms with Gasteiger partial charge in [0.15, 0.2) is 0 Å². The predicted molar refractivity (Wildman–Crippen MR) is 96.9 cm³/mol. The molecule has 0 saturated heterocycles. The van der Waals surface area contributed by atoms with Gasteiger partial charge >= 0.3 is 0 Å². The number of hydrogen-bond donors (Lipinski definition) is 2. The zero-order valence-corrected chi connectivity index (χ0v) is 14.4. The second-order valence-corrected chi connectivity index (χ2v) is 6.82. The lowest BCUT2D eigenvalue weighted by molar-refractivity contribution is 0.748. The highest BCUT2D eigenvalue weighted by atomic mass is 32.2. The van der Waals surface area contributed by atoms with Gasteiger partial charge in [0.1, 0.15) is 10.6 Å². The molecular weight excluding hydrogens is 300 g/mol. The Labute approximate surface area is 135 Å². The van der Waals surface area contributed by atoms with Crippen molar-refractivity contribution in [3.05, 3.63) is 11.4 Å². The van der Waals surface area contributed by atoms with Crippen molar-refractivity contribution >= 4 is 45.1 Å². The Bertz CT molecular complexity index is 541. The van der Waals surface area contributed by atoms with Crippen LogP contribution in [0, 0.1) is 0 Å². The molecule has 6 heteroatoms. The minimum atomic E-state index is 0.733. The van der Waals surface area contributed by atoms with Crippen molar-refractivity contribution in [2.45, 2.75) is 32.6 Å². The van der Waals surface area contributed by atoms with Crippen molar-refractivity contribution in [2.24, 2.45) is 0 Å². The number of anilines is 2. The fourth-order valence-electron chi connectivity index (χ4n) is 2.06. The second kappa shape index (κ2) is 9.10. The van der Waals surface area contributed by atoms with Crippen LogP contribution in [0.5, 0.6) is 0 Å². The van der Waals surface area contributed by atoms with Gasteiger partial charge in [0.05, 0.1) is 5.39 Å². The smallest absolute Gasteiger partial charge is 0.226 e. The fourth-order valence-corrected chi connectivity index (χ4v) is 3.32. The average molecular weight is 325 g/mol. The minimum absolute atomic E-state index is 0.733. The van der Waals surface area contributed by atoms with Gasteiger partial charge in [0.2, 0.25) is 5.95 Å². The zero-order valence-electron chi connectivity index (χ0n) is 12.8. The van der Waals surface area contributed by atoms with Crippen LogP contribution in [0.1, 0.15) is 32.6 Å². The molecular formula is C15H24N4S2. The van der Waals surface area contributed by atoms with Gasteiger partial charge in [-0.3, -0.25) is 0 Å². The Hall–Kier alpha value is -1.01. The fraction of sp³-hybridized carbons (Fsp3) is 0.600. The molecule has 0 bridgehead atoms. The first-order valence-corrected chi connectivity index (χ1v) is 9.84. The zero-order chi connectivity index (χ0) is 14.9. The summed E-state index contributed by atoms with van der Waals surface area (Å²) < 4.78 is 0. The molecule has 0 aliphatic heterocycles. The topological polar surface area (TPSA) is 49.8 Å². The van der Waals surface area contributed by atoms with E-state index in [2.05, 4.69) is 45.2 Å². The maximum atomic E-state index is 4.61. The summed E-state index contributed by atoms with van der Waals surface area (Å²) in [5, 5.41) is 9.96. The van der Waals surface area contributed by atoms with Gasteiger partial charge < -0.3 is 10.6 Å². The van der Waals surface area contributed by atoms with Gasteiger partial charge in [-0.05, 0) is 42.7 Å². The first kappa shape index (κ1) is 16.4. The summed E-state index contributed by atoms with van der Waals surface area (Å²) in [5.74, 6) is 2.95. The number of fused-ring (bicyclic) bond motifs is 1. The third-order valence-electron chi connectivity index (χ3n) is 3.18. The summed E-state index contributed by atoms with van der Waals surface area (Å²) in [6.07, 6.45) is 6.99. The largest absolute Gasteiger partial charge is 0.369 e. The van der Waals surface area contributed by atoms with E-state index in [0.717, 1.165) is 41.5 Å². The summed E-state index contributed by atoms with van der Waals surface area (Å²) in [6.45, 7) is 4.03. The molecule has 0 saturated carbocycles. The molecule has 0 radical (unpaired) electrons. The molecule has 0 spiro atoms. The summed E-state index contributed by atoms with van der Waals surface area (Å²) >= 11 is 3.59. The van der Waals surface area contributed by atoms with Gasteiger partial charge in [0.25, 0.3) is 0 Å². The highest BCUT2D eigenvalue weighted by Gasteiger charge is 2.08. The van der Waals surface area contributed by atoms with Crippen molar-refractivity contribution in [1.29, 1.82) is 0 Å². The summed E-state index contributed by atoms with van der Waals surface area (Å²) in [4.78, 5) is 10.2. The molecule has 21 heavy (non-hydrogen) atoms. The normalized spacial score (nSPS) is 11.0. The lowest BCUT2D eigenvalue weighted by Crippen LogP contribution is -2.08. The predicted octanol–water partition coefficient (Wildman–Crippen LogP) is 4.46. The molecule has 0 aromatic carbocycles. The third-order valence-corrected chi connectivity index (χ3v) is 4.68. The molecule has 0 aliphatic rings. The maximum absolute atomic E-state index is 4.61. The van der Waals surface area contributed by atoms with E-state index in [1.807, 2.05) is 11.8 Å². The minimum Gasteiger partial charge on any atom is -0.369 e. The molecule has 4 nitrogen and oxygen atoms in total. The van der Waals surface area contributed by atoms with Crippen LogP contribution in [0.25, 0.3) is 10.2 Å². The molecule has 0 atom stereocenters. The number of hydrogen-bond acceptors (Lipinski definition) is 6. The van der Waals surface area contributed by atoms with Crippen LogP contribution in [-0.2, 0) is 0 Å². The molecule has 0 aliphatic carbocycles. The van der Waals surface area contributed by atoms with E-state index in [9.17, 15) is 0 Å². The van der Waals surface area contributed by atoms with Crippen LogP contribution in [0.3, 0.4) is 0 Å². The van der Waals surface area contributed by atoms with Gasteiger partial charge in [-0.15, -0.1) is 11.3 Å². The molecule has 2 aromatic heterocycles. The first-order chi connectivity index (χ1) is 10.3. The van der Waals surface area contributed by atoms with Crippen molar-refractivity contribution in [2.75, 3.05) is 35.7 Å². The van der Waals surface area contributed by atoms with Crippen LogP contribution < -0.4 is 10.6 Å². The van der Waals surface area contributed by atoms with Crippen LogP contribution in [-0.4, -0.2) is 35.1 Å². The Kier molecular flexibility index (Phi) is 7.09. The number of aromatic nitrogens is 2. The lowest BCUT2D eigenvalue weighted by atomic mass is 10.2. The van der Waals surface area contributed by atoms with Crippen LogP contribution in [0.15, 0.2) is 11.4 Å². The van der Waals surface area contributed by atoms with Gasteiger partial charge in [-0.1, -0.05) is 13.3 Å². The molecule has 0 amide bonds. The van der Waals surface area contributed by atoms with Crippen molar-refractivity contribution in [3.8, 4) is 0 Å². The third kappa shape index (κ3) is 5.04. The quantitative estimate of drug-likeness (QED) is 0.632. The van der Waals surface area contributed by atoms with Gasteiger partial charge in [-0.25, -0.2) is 4.98 Å². The Morgan fingerprint density at radius 1 is 1.14 bits per heavy atom. The van der Waals surface area contributed by atoms with Gasteiger partial charge in [0, 0.05) is 13.1 Å². The van der Waals surface area contributed by atoms with Gasteiger partial charge in [-0.2, -0.15) is 16.7 Å². The molecule has 116 valence electrons. The standard InChI is InChI=1S/C15H24N4S2/c1-3-8-17-15-18-13(12-7-11-21-14(12)19-15)16-9-5-4-6-10-20-2/h7,11H,3-6,8-10H2,1-2H3,(H2,16,17,18,19). The van der Waals surface area contributed by atoms with Crippen LogP contribution in [0.2, 0.25) is 0 Å². The number of rotatable bonds is 10. The number of nitrogens with zero attached hydrogens (tertiary/aromatic N) is 2. The van der Waals surface area contributed by atoms with Crippen molar-refractivity contribution in [1.82, 2.24) is 9.97 Å². The first-order valence-electron chi connectivity index (χ1n) is 7.57. The van der Waals surface area contributed by atoms with E-state index in [1.54, 1.807) is 11.3 Å². The molecule has 0 unspecified atom stereocenters. The SMILES string of the molecule is CCCNc1nc(NCCCCCSC)c2ccsc2n1. The summed E-state index contributed by atoms with van der Waals surface area (Å²) in [5.41, 5.74) is 0. The molecule has 0 fully saturated rings. The molecule has 2 rings (SSSR count). The monoisotopic (exact) mass is 324 g/mol. The molecule has 2 heterocycles. The van der Waals surface area contributed by atoms with E-state index in [1.165, 1.54) is 25.0 Å². The van der Waals surface area contributed by atoms with Crippen LogP contribution in [0.4, 0.5) is 11.8 Å². The van der Waals surface area contributed by atoms with Crippen LogP contribution >= 0.6 is 23.1 Å². The van der Waals surface area contributed by atoms with Crippen molar-refractivity contribution < 1.29 is 0 Å². The van der Waals surface area contributed by atoms with Crippen molar-refractivity contribution in [3.63, 3.8) is 0 Å². The Morgan fingerprint density at radius 2 is 2.05 bits per heavy atom. The van der Waals surface area contributed by atoms with E-state index < -0.39 is 0 Å². The Balaban J connectivity index is 1.95. The highest BCUT2D eigenvalue weighted by Crippen LogP contribution is 2.26. The lowest BCUT2D eigenvalue weighted by Gasteiger charge is -2.09. The average Bonchev–Trinajstić information content (AvgIpc) is 2.97. The van der Waals surface area contributed by atoms with E-state index >= 15 is 0 Å². The number of unbranched alkanes of at least 4 members (excludes halogenated alkanes) is 2. The maximum Gasteiger partial charge on any atom is 0.226 e. The number of nitrogens with one attached hydrogen (secondary N) is 2.